The molecule has 0 aliphatic heterocycles. The van der Waals surface area contributed by atoms with Crippen LogP contribution in [-0.2, 0) is 6.61 Å². The molecule has 0 heterocycles. The maximum Gasteiger partial charge on any atom is 0.255 e. The minimum atomic E-state index is -0.239. The minimum Gasteiger partial charge on any atom is -0.496 e. The Morgan fingerprint density at radius 2 is 1.66 bits per heavy atom. The molecule has 150 valence electrons. The third-order valence-electron chi connectivity index (χ3n) is 4.44. The van der Waals surface area contributed by atoms with Crippen molar-refractivity contribution in [2.24, 2.45) is 0 Å². The van der Waals surface area contributed by atoms with Gasteiger partial charge in [0.05, 0.1) is 14.2 Å². The molecule has 0 fully saturated rings. The van der Waals surface area contributed by atoms with Crippen LogP contribution in [0.4, 0.5) is 5.69 Å². The molecule has 6 heteroatoms. The van der Waals surface area contributed by atoms with Crippen molar-refractivity contribution in [1.82, 2.24) is 0 Å². The van der Waals surface area contributed by atoms with E-state index in [1.54, 1.807) is 44.6 Å². The lowest BCUT2D eigenvalue weighted by Crippen LogP contribution is -2.13. The molecular formula is C23H22ClNO4. The van der Waals surface area contributed by atoms with E-state index in [0.717, 1.165) is 11.1 Å². The summed E-state index contributed by atoms with van der Waals surface area (Å²) in [5, 5.41) is 3.46. The molecule has 1 N–H and O–H groups in total. The van der Waals surface area contributed by atoms with E-state index in [9.17, 15) is 4.79 Å². The molecule has 0 aliphatic rings. The Bertz CT molecular complexity index is 1020. The third kappa shape index (κ3) is 5.00. The van der Waals surface area contributed by atoms with Gasteiger partial charge in [-0.25, -0.2) is 0 Å². The summed E-state index contributed by atoms with van der Waals surface area (Å²) in [5.41, 5.74) is 2.83. The van der Waals surface area contributed by atoms with Gasteiger partial charge in [-0.2, -0.15) is 0 Å². The summed E-state index contributed by atoms with van der Waals surface area (Å²) in [6.45, 7) is 2.13. The Morgan fingerprint density at radius 1 is 0.931 bits per heavy atom. The molecule has 0 saturated carbocycles. The zero-order chi connectivity index (χ0) is 20.8. The number of rotatable bonds is 7. The zero-order valence-corrected chi connectivity index (χ0v) is 17.2. The Balaban J connectivity index is 1.81. The number of hydrogen-bond acceptors (Lipinski definition) is 4. The van der Waals surface area contributed by atoms with Gasteiger partial charge in [0.15, 0.2) is 11.5 Å². The van der Waals surface area contributed by atoms with Gasteiger partial charge in [-0.05, 0) is 55.0 Å². The number of ether oxygens (including phenoxy) is 3. The molecule has 0 atom stereocenters. The molecule has 5 nitrogen and oxygen atoms in total. The summed E-state index contributed by atoms with van der Waals surface area (Å²) in [5.74, 6) is 1.64. The molecule has 3 aromatic rings. The number of aryl methyl sites for hydroxylation is 1. The van der Waals surface area contributed by atoms with Crippen LogP contribution in [0, 0.1) is 6.92 Å². The predicted octanol–water partition coefficient (Wildman–Crippen LogP) is 5.50. The van der Waals surface area contributed by atoms with E-state index < -0.39 is 0 Å². The van der Waals surface area contributed by atoms with Crippen LogP contribution in [0.1, 0.15) is 21.5 Å². The SMILES string of the molecule is COc1ccc(C(=O)Nc2cc(Cl)ccc2C)cc1COc1ccccc1OC. The predicted molar refractivity (Wildman–Crippen MR) is 114 cm³/mol. The molecule has 0 aromatic heterocycles. The maximum absolute atomic E-state index is 12.7. The second-order valence-electron chi connectivity index (χ2n) is 6.38. The fraction of sp³-hybridized carbons (Fsp3) is 0.174. The van der Waals surface area contributed by atoms with Crippen LogP contribution in [0.3, 0.4) is 0 Å². The number of methoxy groups -OCH3 is 2. The standard InChI is InChI=1S/C23H22ClNO4/c1-15-8-10-18(24)13-19(15)25-23(26)16-9-11-20(27-2)17(12-16)14-29-22-7-5-4-6-21(22)28-3/h4-13H,14H2,1-3H3,(H,25,26). The molecule has 0 unspecified atom stereocenters. The number of halogens is 1. The van der Waals surface area contributed by atoms with Crippen LogP contribution < -0.4 is 19.5 Å². The van der Waals surface area contributed by atoms with Gasteiger partial charge < -0.3 is 19.5 Å². The number of para-hydroxylation sites is 2. The zero-order valence-electron chi connectivity index (χ0n) is 16.5. The molecule has 3 aromatic carbocycles. The highest BCUT2D eigenvalue weighted by molar-refractivity contribution is 6.31. The van der Waals surface area contributed by atoms with Crippen molar-refractivity contribution in [3.05, 3.63) is 82.4 Å². The molecule has 0 bridgehead atoms. The number of carbonyl (C=O) groups is 1. The van der Waals surface area contributed by atoms with Crippen molar-refractivity contribution < 1.29 is 19.0 Å². The van der Waals surface area contributed by atoms with Crippen LogP contribution in [0.5, 0.6) is 17.2 Å². The van der Waals surface area contributed by atoms with Gasteiger partial charge in [-0.1, -0.05) is 29.8 Å². The third-order valence-corrected chi connectivity index (χ3v) is 4.68. The van der Waals surface area contributed by atoms with Crippen LogP contribution >= 0.6 is 11.6 Å². The van der Waals surface area contributed by atoms with E-state index in [0.29, 0.717) is 33.5 Å². The highest BCUT2D eigenvalue weighted by Gasteiger charge is 2.13. The Kier molecular flexibility index (Phi) is 6.62. The van der Waals surface area contributed by atoms with Crippen LogP contribution in [0.15, 0.2) is 60.7 Å². The fourth-order valence-corrected chi connectivity index (χ4v) is 3.02. The minimum absolute atomic E-state index is 0.223. The molecule has 1 amide bonds. The molecule has 0 spiro atoms. The first-order chi connectivity index (χ1) is 14.0. The summed E-state index contributed by atoms with van der Waals surface area (Å²) in [6, 6.07) is 18.0. The second kappa shape index (κ2) is 9.34. The molecule has 0 radical (unpaired) electrons. The highest BCUT2D eigenvalue weighted by Crippen LogP contribution is 2.29. The number of benzene rings is 3. The largest absolute Gasteiger partial charge is 0.496 e. The lowest BCUT2D eigenvalue weighted by atomic mass is 10.1. The molecular weight excluding hydrogens is 390 g/mol. The van der Waals surface area contributed by atoms with Crippen molar-refractivity contribution in [2.45, 2.75) is 13.5 Å². The van der Waals surface area contributed by atoms with Crippen molar-refractivity contribution in [2.75, 3.05) is 19.5 Å². The summed E-state index contributed by atoms with van der Waals surface area (Å²) in [7, 11) is 3.17. The normalized spacial score (nSPS) is 10.3. The number of amides is 1. The summed E-state index contributed by atoms with van der Waals surface area (Å²) in [6.07, 6.45) is 0. The number of anilines is 1. The summed E-state index contributed by atoms with van der Waals surface area (Å²) >= 11 is 6.04. The van der Waals surface area contributed by atoms with Crippen LogP contribution in [-0.4, -0.2) is 20.1 Å². The van der Waals surface area contributed by atoms with Gasteiger partial charge in [-0.3, -0.25) is 4.79 Å². The second-order valence-corrected chi connectivity index (χ2v) is 6.82. The Hall–Kier alpha value is -3.18. The van der Waals surface area contributed by atoms with Crippen LogP contribution in [0.25, 0.3) is 0 Å². The number of carbonyl (C=O) groups excluding carboxylic acids is 1. The average molecular weight is 412 g/mol. The van der Waals surface area contributed by atoms with Gasteiger partial charge in [0.25, 0.3) is 5.91 Å². The monoisotopic (exact) mass is 411 g/mol. The lowest BCUT2D eigenvalue weighted by molar-refractivity contribution is 0.102. The summed E-state index contributed by atoms with van der Waals surface area (Å²) in [4.78, 5) is 12.7. The molecule has 3 rings (SSSR count). The summed E-state index contributed by atoms with van der Waals surface area (Å²) < 4.78 is 16.6. The quantitative estimate of drug-likeness (QED) is 0.558. The van der Waals surface area contributed by atoms with E-state index in [1.165, 1.54) is 0 Å². The molecule has 29 heavy (non-hydrogen) atoms. The van der Waals surface area contributed by atoms with Gasteiger partial charge in [-0.15, -0.1) is 0 Å². The topological polar surface area (TPSA) is 56.8 Å². The van der Waals surface area contributed by atoms with Crippen molar-refractivity contribution in [3.8, 4) is 17.2 Å². The molecule has 0 aliphatic carbocycles. The first kappa shape index (κ1) is 20.6. The fourth-order valence-electron chi connectivity index (χ4n) is 2.85. The lowest BCUT2D eigenvalue weighted by Gasteiger charge is -2.14. The first-order valence-electron chi connectivity index (χ1n) is 9.02. The van der Waals surface area contributed by atoms with E-state index in [2.05, 4.69) is 5.32 Å². The van der Waals surface area contributed by atoms with E-state index in [4.69, 9.17) is 25.8 Å². The average Bonchev–Trinajstić information content (AvgIpc) is 2.74. The van der Waals surface area contributed by atoms with Gasteiger partial charge in [0, 0.05) is 21.8 Å². The van der Waals surface area contributed by atoms with Crippen LogP contribution in [0.2, 0.25) is 5.02 Å². The first-order valence-corrected chi connectivity index (χ1v) is 9.40. The van der Waals surface area contributed by atoms with E-state index in [1.807, 2.05) is 37.3 Å². The van der Waals surface area contributed by atoms with E-state index >= 15 is 0 Å². The highest BCUT2D eigenvalue weighted by atomic mass is 35.5. The van der Waals surface area contributed by atoms with Gasteiger partial charge in [0.2, 0.25) is 0 Å². The van der Waals surface area contributed by atoms with E-state index in [-0.39, 0.29) is 12.5 Å². The van der Waals surface area contributed by atoms with Crippen molar-refractivity contribution in [3.63, 3.8) is 0 Å². The van der Waals surface area contributed by atoms with Crippen molar-refractivity contribution >= 4 is 23.2 Å². The van der Waals surface area contributed by atoms with Gasteiger partial charge >= 0.3 is 0 Å². The Morgan fingerprint density at radius 3 is 2.38 bits per heavy atom. The van der Waals surface area contributed by atoms with Crippen molar-refractivity contribution in [1.29, 1.82) is 0 Å². The number of hydrogen-bond donors (Lipinski definition) is 1. The molecule has 0 saturated heterocycles. The number of nitrogens with one attached hydrogen (secondary N) is 1. The van der Waals surface area contributed by atoms with Gasteiger partial charge in [0.1, 0.15) is 12.4 Å². The Labute approximate surface area is 175 Å². The smallest absolute Gasteiger partial charge is 0.255 e. The maximum atomic E-state index is 12.7.